The summed E-state index contributed by atoms with van der Waals surface area (Å²) in [4.78, 5) is 10.8. The Morgan fingerprint density at radius 3 is 2.55 bits per heavy atom. The van der Waals surface area contributed by atoms with Gasteiger partial charge in [0.2, 0.25) is 0 Å². The van der Waals surface area contributed by atoms with Gasteiger partial charge in [-0.3, -0.25) is 10.1 Å². The molecule has 0 N–H and O–H groups in total. The molecule has 0 bridgehead atoms. The van der Waals surface area contributed by atoms with E-state index in [9.17, 15) is 10.1 Å². The van der Waals surface area contributed by atoms with Crippen molar-refractivity contribution in [3.63, 3.8) is 0 Å². The van der Waals surface area contributed by atoms with Crippen LogP contribution < -0.4 is 4.74 Å². The van der Waals surface area contributed by atoms with Gasteiger partial charge >= 0.3 is 5.69 Å². The van der Waals surface area contributed by atoms with Gasteiger partial charge in [-0.2, -0.15) is 0 Å². The van der Waals surface area contributed by atoms with Gasteiger partial charge in [0.1, 0.15) is 6.61 Å². The van der Waals surface area contributed by atoms with E-state index in [1.165, 1.54) is 6.08 Å². The van der Waals surface area contributed by atoms with E-state index in [-0.39, 0.29) is 18.0 Å². The van der Waals surface area contributed by atoms with Gasteiger partial charge in [0, 0.05) is 4.47 Å². The fraction of sp³-hybridized carbons (Fsp3) is 0.0667. The second-order valence-corrected chi connectivity index (χ2v) is 4.90. The Balaban J connectivity index is 2.32. The summed E-state index contributed by atoms with van der Waals surface area (Å²) in [5.74, 6) is 0.233. The van der Waals surface area contributed by atoms with Crippen molar-refractivity contribution < 1.29 is 9.66 Å². The summed E-state index contributed by atoms with van der Waals surface area (Å²) in [5.41, 5.74) is 1.29. The average Bonchev–Trinajstić information content (AvgIpc) is 2.46. The van der Waals surface area contributed by atoms with E-state index in [4.69, 9.17) is 4.74 Å². The topological polar surface area (TPSA) is 52.4 Å². The van der Waals surface area contributed by atoms with Gasteiger partial charge in [-0.1, -0.05) is 43.0 Å². The Hall–Kier alpha value is -2.14. The van der Waals surface area contributed by atoms with Gasteiger partial charge in [-0.25, -0.2) is 0 Å². The maximum atomic E-state index is 11.2. The van der Waals surface area contributed by atoms with Crippen LogP contribution in [-0.2, 0) is 6.61 Å². The van der Waals surface area contributed by atoms with Crippen LogP contribution in [0.15, 0.2) is 53.5 Å². The van der Waals surface area contributed by atoms with Crippen LogP contribution in [0.2, 0.25) is 0 Å². The smallest absolute Gasteiger partial charge is 0.319 e. The average molecular weight is 334 g/mol. The zero-order valence-electron chi connectivity index (χ0n) is 10.6. The van der Waals surface area contributed by atoms with Crippen molar-refractivity contribution in [2.75, 3.05) is 0 Å². The van der Waals surface area contributed by atoms with Crippen molar-refractivity contribution in [3.05, 3.63) is 74.8 Å². The molecule has 0 unspecified atom stereocenters. The quantitative estimate of drug-likeness (QED) is 0.594. The molecule has 0 fully saturated rings. The molecule has 2 rings (SSSR count). The SMILES string of the molecule is C=Cc1c(Br)ccc(OCc2ccccc2)c1[N+](=O)[O-]. The predicted octanol–water partition coefficient (Wildman–Crippen LogP) is 4.58. The van der Waals surface area contributed by atoms with Crippen molar-refractivity contribution in [3.8, 4) is 5.75 Å². The third-order valence-corrected chi connectivity index (χ3v) is 3.44. The second-order valence-electron chi connectivity index (χ2n) is 4.04. The summed E-state index contributed by atoms with van der Waals surface area (Å²) in [6.07, 6.45) is 1.44. The monoisotopic (exact) mass is 333 g/mol. The minimum atomic E-state index is -0.456. The Bertz CT molecular complexity index is 641. The summed E-state index contributed by atoms with van der Waals surface area (Å²) in [7, 11) is 0. The zero-order chi connectivity index (χ0) is 14.5. The Morgan fingerprint density at radius 2 is 1.95 bits per heavy atom. The van der Waals surface area contributed by atoms with Crippen LogP contribution in [0.25, 0.3) is 6.08 Å². The first-order valence-corrected chi connectivity index (χ1v) is 6.69. The summed E-state index contributed by atoms with van der Waals surface area (Å²) >= 11 is 3.27. The van der Waals surface area contributed by atoms with Crippen molar-refractivity contribution in [1.29, 1.82) is 0 Å². The molecule has 0 saturated carbocycles. The molecule has 0 saturated heterocycles. The number of nitrogens with zero attached hydrogens (tertiary/aromatic N) is 1. The van der Waals surface area contributed by atoms with E-state index in [0.717, 1.165) is 5.56 Å². The molecule has 0 aromatic heterocycles. The highest BCUT2D eigenvalue weighted by molar-refractivity contribution is 9.10. The maximum absolute atomic E-state index is 11.2. The van der Waals surface area contributed by atoms with Gasteiger partial charge in [-0.15, -0.1) is 0 Å². The first kappa shape index (κ1) is 14.3. The molecule has 20 heavy (non-hydrogen) atoms. The van der Waals surface area contributed by atoms with E-state index in [0.29, 0.717) is 10.0 Å². The van der Waals surface area contributed by atoms with Gasteiger partial charge in [-0.05, 0) is 33.6 Å². The van der Waals surface area contributed by atoms with Crippen LogP contribution in [-0.4, -0.2) is 4.92 Å². The lowest BCUT2D eigenvalue weighted by Gasteiger charge is -2.09. The molecule has 0 heterocycles. The molecule has 0 radical (unpaired) electrons. The standard InChI is InChI=1S/C15H12BrNO3/c1-2-12-13(16)8-9-14(15(12)17(18)19)20-10-11-6-4-3-5-7-11/h2-9H,1,10H2. The molecule has 2 aromatic carbocycles. The lowest BCUT2D eigenvalue weighted by Crippen LogP contribution is -2.01. The third kappa shape index (κ3) is 3.05. The Labute approximate surface area is 125 Å². The Kier molecular flexibility index (Phi) is 4.53. The van der Waals surface area contributed by atoms with E-state index < -0.39 is 4.92 Å². The summed E-state index contributed by atoms with van der Waals surface area (Å²) in [6.45, 7) is 3.88. The Morgan fingerprint density at radius 1 is 1.25 bits per heavy atom. The zero-order valence-corrected chi connectivity index (χ0v) is 12.2. The molecule has 0 aliphatic heterocycles. The maximum Gasteiger partial charge on any atom is 0.319 e. The van der Waals surface area contributed by atoms with Gasteiger partial charge < -0.3 is 4.74 Å². The largest absolute Gasteiger partial charge is 0.482 e. The summed E-state index contributed by atoms with van der Waals surface area (Å²) in [5, 5.41) is 11.2. The number of hydrogen-bond acceptors (Lipinski definition) is 3. The summed E-state index contributed by atoms with van der Waals surface area (Å²) < 4.78 is 6.19. The molecule has 0 aliphatic rings. The van der Waals surface area contributed by atoms with Crippen molar-refractivity contribution in [2.24, 2.45) is 0 Å². The molecule has 0 atom stereocenters. The molecule has 102 valence electrons. The van der Waals surface area contributed by atoms with E-state index in [1.807, 2.05) is 30.3 Å². The van der Waals surface area contributed by atoms with Crippen LogP contribution in [0, 0.1) is 10.1 Å². The highest BCUT2D eigenvalue weighted by Gasteiger charge is 2.21. The lowest BCUT2D eigenvalue weighted by molar-refractivity contribution is -0.386. The highest BCUT2D eigenvalue weighted by Crippen LogP contribution is 2.36. The minimum Gasteiger partial charge on any atom is -0.482 e. The van der Waals surface area contributed by atoms with Crippen molar-refractivity contribution in [2.45, 2.75) is 6.61 Å². The molecule has 2 aromatic rings. The van der Waals surface area contributed by atoms with Crippen LogP contribution in [0.1, 0.15) is 11.1 Å². The molecule has 0 amide bonds. The number of nitro benzene ring substituents is 1. The second kappa shape index (κ2) is 6.34. The van der Waals surface area contributed by atoms with Gasteiger partial charge in [0.05, 0.1) is 10.5 Å². The number of hydrogen-bond donors (Lipinski definition) is 0. The molecule has 0 aliphatic carbocycles. The first-order valence-electron chi connectivity index (χ1n) is 5.89. The number of benzene rings is 2. The van der Waals surface area contributed by atoms with E-state index in [1.54, 1.807) is 12.1 Å². The molecule has 0 spiro atoms. The van der Waals surface area contributed by atoms with Gasteiger partial charge in [0.15, 0.2) is 5.75 Å². The number of nitro groups is 1. The van der Waals surface area contributed by atoms with Gasteiger partial charge in [0.25, 0.3) is 0 Å². The van der Waals surface area contributed by atoms with Crippen LogP contribution in [0.5, 0.6) is 5.75 Å². The lowest BCUT2D eigenvalue weighted by atomic mass is 10.1. The summed E-state index contributed by atoms with van der Waals surface area (Å²) in [6, 6.07) is 12.8. The molecule has 5 heteroatoms. The van der Waals surface area contributed by atoms with Crippen LogP contribution in [0.4, 0.5) is 5.69 Å². The molecule has 4 nitrogen and oxygen atoms in total. The fourth-order valence-corrected chi connectivity index (χ4v) is 2.28. The van der Waals surface area contributed by atoms with Crippen LogP contribution in [0.3, 0.4) is 0 Å². The van der Waals surface area contributed by atoms with Crippen LogP contribution >= 0.6 is 15.9 Å². The predicted molar refractivity (Wildman–Crippen MR) is 81.7 cm³/mol. The fourth-order valence-electron chi connectivity index (χ4n) is 1.80. The number of halogens is 1. The molecular weight excluding hydrogens is 322 g/mol. The first-order chi connectivity index (χ1) is 9.63. The highest BCUT2D eigenvalue weighted by atomic mass is 79.9. The minimum absolute atomic E-state index is 0.0784. The number of ether oxygens (including phenoxy) is 1. The third-order valence-electron chi connectivity index (χ3n) is 2.75. The van der Waals surface area contributed by atoms with Crippen molar-refractivity contribution in [1.82, 2.24) is 0 Å². The van der Waals surface area contributed by atoms with E-state index >= 15 is 0 Å². The molecular formula is C15H12BrNO3. The van der Waals surface area contributed by atoms with E-state index in [2.05, 4.69) is 22.5 Å². The number of rotatable bonds is 5. The van der Waals surface area contributed by atoms with Crippen molar-refractivity contribution >= 4 is 27.7 Å². The normalized spacial score (nSPS) is 10.1.